The van der Waals surface area contributed by atoms with Crippen molar-refractivity contribution in [3.63, 3.8) is 0 Å². The highest BCUT2D eigenvalue weighted by atomic mass is 16.7. The zero-order valence-corrected chi connectivity index (χ0v) is 23.2. The SMILES string of the molecule is CC(=O)OC[C@H]1O[C@@H](O[C@H]2/C(=C\C#N)C=C[C@@H](OC(C)=O)[C@@H]2OC(C)=O)[C@H](OC(C)=O)[C@@H](OC(C)=O)[C@@H]1OC(C)=O. The van der Waals surface area contributed by atoms with E-state index in [1.54, 1.807) is 0 Å². The number of esters is 6. The highest BCUT2D eigenvalue weighted by Gasteiger charge is 2.54. The fraction of sp³-hybridized carbons (Fsp3) is 0.577. The van der Waals surface area contributed by atoms with Gasteiger partial charge in [0, 0.05) is 47.6 Å². The van der Waals surface area contributed by atoms with Gasteiger partial charge in [-0.2, -0.15) is 5.26 Å². The van der Waals surface area contributed by atoms with Crippen LogP contribution < -0.4 is 0 Å². The van der Waals surface area contributed by atoms with Crippen LogP contribution in [-0.4, -0.2) is 91.4 Å². The molecule has 224 valence electrons. The van der Waals surface area contributed by atoms with Crippen LogP contribution >= 0.6 is 0 Å². The van der Waals surface area contributed by atoms with E-state index >= 15 is 0 Å². The third-order valence-electron chi connectivity index (χ3n) is 5.49. The first-order valence-corrected chi connectivity index (χ1v) is 12.3. The summed E-state index contributed by atoms with van der Waals surface area (Å²) in [4.78, 5) is 71.4. The van der Waals surface area contributed by atoms with Crippen LogP contribution in [0.1, 0.15) is 41.5 Å². The molecular weight excluding hydrogens is 550 g/mol. The molecule has 1 heterocycles. The molecule has 1 aliphatic heterocycles. The maximum Gasteiger partial charge on any atom is 0.303 e. The van der Waals surface area contributed by atoms with Crippen molar-refractivity contribution < 1.29 is 66.7 Å². The van der Waals surface area contributed by atoms with Gasteiger partial charge in [0.1, 0.15) is 18.8 Å². The Morgan fingerprint density at radius 1 is 0.756 bits per heavy atom. The zero-order chi connectivity index (χ0) is 30.9. The van der Waals surface area contributed by atoms with Crippen LogP contribution in [0.5, 0.6) is 0 Å². The summed E-state index contributed by atoms with van der Waals surface area (Å²) >= 11 is 0. The molecule has 0 spiro atoms. The smallest absolute Gasteiger partial charge is 0.303 e. The average molecular weight is 582 g/mol. The maximum absolute atomic E-state index is 12.1. The molecule has 15 nitrogen and oxygen atoms in total. The van der Waals surface area contributed by atoms with E-state index in [-0.39, 0.29) is 5.57 Å². The Morgan fingerprint density at radius 3 is 1.78 bits per heavy atom. The fourth-order valence-electron chi connectivity index (χ4n) is 4.19. The van der Waals surface area contributed by atoms with Crippen LogP contribution in [0.4, 0.5) is 0 Å². The first-order chi connectivity index (χ1) is 19.2. The summed E-state index contributed by atoms with van der Waals surface area (Å²) in [5.74, 6) is -4.75. The highest BCUT2D eigenvalue weighted by Crippen LogP contribution is 2.34. The number of hydrogen-bond donors (Lipinski definition) is 0. The number of nitrogens with zero attached hydrogens (tertiary/aromatic N) is 1. The van der Waals surface area contributed by atoms with Crippen molar-refractivity contribution in [3.05, 3.63) is 23.8 Å². The Kier molecular flexibility index (Phi) is 12.0. The number of nitriles is 1. The molecule has 41 heavy (non-hydrogen) atoms. The lowest BCUT2D eigenvalue weighted by molar-refractivity contribution is -0.320. The Hall–Kier alpha value is -4.29. The quantitative estimate of drug-likeness (QED) is 0.205. The molecule has 0 N–H and O–H groups in total. The lowest BCUT2D eigenvalue weighted by Crippen LogP contribution is -2.64. The van der Waals surface area contributed by atoms with Crippen molar-refractivity contribution in [2.75, 3.05) is 6.61 Å². The first kappa shape index (κ1) is 32.9. The van der Waals surface area contributed by atoms with Gasteiger partial charge in [0.05, 0.1) is 6.07 Å². The largest absolute Gasteiger partial charge is 0.463 e. The highest BCUT2D eigenvalue weighted by molar-refractivity contribution is 5.69. The van der Waals surface area contributed by atoms with E-state index in [1.165, 1.54) is 12.2 Å². The van der Waals surface area contributed by atoms with E-state index in [2.05, 4.69) is 0 Å². The third-order valence-corrected chi connectivity index (χ3v) is 5.49. The molecule has 0 amide bonds. The van der Waals surface area contributed by atoms with Crippen LogP contribution in [0.2, 0.25) is 0 Å². The zero-order valence-electron chi connectivity index (χ0n) is 23.2. The van der Waals surface area contributed by atoms with Crippen LogP contribution in [0, 0.1) is 11.3 Å². The first-order valence-electron chi connectivity index (χ1n) is 12.3. The van der Waals surface area contributed by atoms with Crippen molar-refractivity contribution in [1.82, 2.24) is 0 Å². The maximum atomic E-state index is 12.1. The van der Waals surface area contributed by atoms with Gasteiger partial charge in [-0.25, -0.2) is 0 Å². The number of rotatable bonds is 9. The van der Waals surface area contributed by atoms with E-state index in [0.29, 0.717) is 0 Å². The monoisotopic (exact) mass is 581 g/mol. The second-order valence-corrected chi connectivity index (χ2v) is 8.90. The third kappa shape index (κ3) is 9.69. The molecule has 1 aliphatic carbocycles. The van der Waals surface area contributed by atoms with Gasteiger partial charge >= 0.3 is 35.8 Å². The van der Waals surface area contributed by atoms with E-state index < -0.39 is 91.4 Å². The van der Waals surface area contributed by atoms with E-state index in [1.807, 2.05) is 6.07 Å². The molecule has 1 fully saturated rings. The minimum absolute atomic E-state index is 0.148. The molecular formula is C26H31NO14. The van der Waals surface area contributed by atoms with Gasteiger partial charge in [0.2, 0.25) is 0 Å². The topological polar surface area (TPSA) is 200 Å². The summed E-state index contributed by atoms with van der Waals surface area (Å²) in [6.07, 6.45) is -7.56. The predicted octanol–water partition coefficient (Wildman–Crippen LogP) is 0.338. The van der Waals surface area contributed by atoms with Gasteiger partial charge in [0.15, 0.2) is 36.8 Å². The summed E-state index contributed by atoms with van der Waals surface area (Å²) in [6.45, 7) is 6.03. The molecule has 0 bridgehead atoms. The summed E-state index contributed by atoms with van der Waals surface area (Å²) in [7, 11) is 0. The molecule has 15 heteroatoms. The standard InChI is InChI=1S/C26H31NO14/c1-12(28)34-11-20-23(37-15(4)31)24(38-16(5)32)25(39-17(6)33)26(40-20)41-21-18(9-10-27)7-8-19(35-13(2)29)22(21)36-14(3)30/h7-9,19-26H,11H2,1-6H3/b18-9-/t19-,20-,21+,22+,23-,24+,25-,26+/m1/s1. The molecule has 2 aliphatic rings. The molecule has 0 aromatic heterocycles. The van der Waals surface area contributed by atoms with Gasteiger partial charge in [-0.15, -0.1) is 0 Å². The van der Waals surface area contributed by atoms with Gasteiger partial charge in [-0.05, 0) is 11.6 Å². The lowest BCUT2D eigenvalue weighted by atomic mass is 9.92. The summed E-state index contributed by atoms with van der Waals surface area (Å²) in [5, 5.41) is 9.35. The Balaban J connectivity index is 2.64. The van der Waals surface area contributed by atoms with E-state index in [0.717, 1.165) is 47.6 Å². The summed E-state index contributed by atoms with van der Waals surface area (Å²) in [5.41, 5.74) is 0.148. The number of ether oxygens (including phenoxy) is 8. The molecule has 0 unspecified atom stereocenters. The minimum Gasteiger partial charge on any atom is -0.463 e. The van der Waals surface area contributed by atoms with Gasteiger partial charge < -0.3 is 37.9 Å². The molecule has 0 aromatic rings. The number of hydrogen-bond acceptors (Lipinski definition) is 15. The second-order valence-electron chi connectivity index (χ2n) is 8.90. The van der Waals surface area contributed by atoms with Gasteiger partial charge in [-0.3, -0.25) is 28.8 Å². The van der Waals surface area contributed by atoms with Crippen LogP contribution in [0.25, 0.3) is 0 Å². The Labute approximate surface area is 235 Å². The van der Waals surface area contributed by atoms with Crippen LogP contribution in [-0.2, 0) is 66.7 Å². The van der Waals surface area contributed by atoms with Crippen molar-refractivity contribution in [2.45, 2.75) is 90.6 Å². The second kappa shape index (κ2) is 14.9. The molecule has 2 rings (SSSR count). The van der Waals surface area contributed by atoms with Gasteiger partial charge in [0.25, 0.3) is 0 Å². The molecule has 0 aromatic carbocycles. The van der Waals surface area contributed by atoms with Crippen molar-refractivity contribution in [2.24, 2.45) is 0 Å². The lowest BCUT2D eigenvalue weighted by Gasteiger charge is -2.46. The molecule has 8 atom stereocenters. The summed E-state index contributed by atoms with van der Waals surface area (Å²) in [6, 6.07) is 1.83. The Morgan fingerprint density at radius 2 is 1.27 bits per heavy atom. The Bertz CT molecular complexity index is 1140. The number of carbonyl (C=O) groups is 6. The van der Waals surface area contributed by atoms with Gasteiger partial charge in [-0.1, -0.05) is 6.08 Å². The van der Waals surface area contributed by atoms with Crippen molar-refractivity contribution in [3.8, 4) is 6.07 Å². The van der Waals surface area contributed by atoms with Crippen LogP contribution in [0.15, 0.2) is 23.8 Å². The number of allylic oxidation sites excluding steroid dienone is 1. The van der Waals surface area contributed by atoms with Crippen molar-refractivity contribution in [1.29, 1.82) is 5.26 Å². The van der Waals surface area contributed by atoms with E-state index in [9.17, 15) is 34.0 Å². The fourth-order valence-corrected chi connectivity index (χ4v) is 4.19. The minimum atomic E-state index is -1.66. The van der Waals surface area contributed by atoms with Crippen molar-refractivity contribution >= 4 is 35.8 Å². The molecule has 1 saturated heterocycles. The molecule has 0 saturated carbocycles. The average Bonchev–Trinajstić information content (AvgIpc) is 2.83. The van der Waals surface area contributed by atoms with E-state index in [4.69, 9.17) is 37.9 Å². The van der Waals surface area contributed by atoms with Crippen LogP contribution in [0.3, 0.4) is 0 Å². The summed E-state index contributed by atoms with van der Waals surface area (Å²) < 4.78 is 43.9. The normalized spacial score (nSPS) is 29.8. The predicted molar refractivity (Wildman–Crippen MR) is 131 cm³/mol. The molecule has 0 radical (unpaired) electrons. The number of carbonyl (C=O) groups excluding carboxylic acids is 6.